The maximum Gasteiger partial charge on any atom is 0.220 e. The number of hydrogen-bond acceptors (Lipinski definition) is 13. The van der Waals surface area contributed by atoms with Crippen molar-refractivity contribution in [1.82, 2.24) is 5.32 Å². The fourth-order valence-electron chi connectivity index (χ4n) is 9.20. The summed E-state index contributed by atoms with van der Waals surface area (Å²) in [5.74, 6) is -0.246. The van der Waals surface area contributed by atoms with Crippen molar-refractivity contribution in [3.63, 3.8) is 0 Å². The van der Waals surface area contributed by atoms with Crippen molar-refractivity contribution in [3.8, 4) is 0 Å². The van der Waals surface area contributed by atoms with Gasteiger partial charge in [0.1, 0.15) is 48.8 Å². The summed E-state index contributed by atoms with van der Waals surface area (Å²) >= 11 is 0. The number of aliphatic hydroxyl groups is 8. The molecule has 12 atom stereocenters. The monoisotopic (exact) mass is 1050 g/mol. The van der Waals surface area contributed by atoms with Gasteiger partial charge in [-0.3, -0.25) is 4.79 Å². The number of carbonyl (C=O) groups excluding carboxylic acids is 1. The largest absolute Gasteiger partial charge is 0.394 e. The van der Waals surface area contributed by atoms with Crippen LogP contribution in [0.25, 0.3) is 0 Å². The van der Waals surface area contributed by atoms with Gasteiger partial charge in [0.2, 0.25) is 5.91 Å². The van der Waals surface area contributed by atoms with Crippen LogP contribution in [0.2, 0.25) is 0 Å². The first-order valence-electron chi connectivity index (χ1n) is 29.2. The topological polar surface area (TPSA) is 228 Å². The number of nitrogens with one attached hydrogen (secondary N) is 1. The molecule has 2 aliphatic heterocycles. The van der Waals surface area contributed by atoms with E-state index in [1.165, 1.54) is 103 Å². The molecule has 428 valence electrons. The molecule has 2 saturated heterocycles. The number of hydrogen-bond donors (Lipinski definition) is 9. The smallest absolute Gasteiger partial charge is 0.220 e. The second kappa shape index (κ2) is 45.4. The lowest BCUT2D eigenvalue weighted by molar-refractivity contribution is -0.359. The Morgan fingerprint density at radius 2 is 0.932 bits per heavy atom. The number of aliphatic hydroxyl groups excluding tert-OH is 8. The van der Waals surface area contributed by atoms with Crippen LogP contribution in [-0.2, 0) is 23.7 Å². The molecule has 0 spiro atoms. The summed E-state index contributed by atoms with van der Waals surface area (Å²) in [6.45, 7) is 2.66. The zero-order valence-corrected chi connectivity index (χ0v) is 45.8. The third-order valence-corrected chi connectivity index (χ3v) is 13.9. The molecule has 0 aliphatic carbocycles. The summed E-state index contributed by atoms with van der Waals surface area (Å²) in [6, 6.07) is -0.919. The average Bonchev–Trinajstić information content (AvgIpc) is 3.40. The van der Waals surface area contributed by atoms with Crippen molar-refractivity contribution < 1.29 is 64.6 Å². The molecule has 0 bridgehead atoms. The lowest BCUT2D eigenvalue weighted by Crippen LogP contribution is -2.65. The molecular weight excluding hydrogens is 943 g/mol. The predicted molar refractivity (Wildman–Crippen MR) is 295 cm³/mol. The molecule has 0 saturated carbocycles. The second-order valence-electron chi connectivity index (χ2n) is 20.4. The minimum Gasteiger partial charge on any atom is -0.394 e. The van der Waals surface area contributed by atoms with E-state index in [0.29, 0.717) is 6.42 Å². The van der Waals surface area contributed by atoms with Gasteiger partial charge in [0.15, 0.2) is 12.6 Å². The molecule has 14 nitrogen and oxygen atoms in total. The molecule has 2 aliphatic rings. The highest BCUT2D eigenvalue weighted by atomic mass is 16.7. The van der Waals surface area contributed by atoms with Gasteiger partial charge in [-0.15, -0.1) is 0 Å². The standard InChI is InChI=1S/C60H105NO13/c1-3-5-7-9-11-13-15-17-18-19-20-21-22-23-24-25-26-27-28-29-30-32-34-36-38-40-42-44-52(65)61-48(49(64)43-41-39-37-35-33-31-16-14-12-10-8-6-4-2)47-71-59-57(70)55(68)58(51(46-63)73-59)74-60-56(69)54(67)53(66)50(45-62)72-60/h5,7,11,13,17-18,20-21,23-24,41,43,48-51,53-60,62-64,66-70H,3-4,6,8-10,12,14-16,19,22,25-40,42,44-47H2,1-2H3,(H,61,65)/b7-5-,13-11-,18-17-,21-20-,24-23-,43-41+. The van der Waals surface area contributed by atoms with Crippen molar-refractivity contribution in [2.24, 2.45) is 0 Å². The average molecular weight is 1050 g/mol. The van der Waals surface area contributed by atoms with Gasteiger partial charge in [0.05, 0.1) is 32.0 Å². The first-order valence-corrected chi connectivity index (χ1v) is 29.2. The van der Waals surface area contributed by atoms with Gasteiger partial charge in [-0.1, -0.05) is 209 Å². The van der Waals surface area contributed by atoms with Gasteiger partial charge in [-0.05, 0) is 64.2 Å². The highest BCUT2D eigenvalue weighted by molar-refractivity contribution is 5.76. The van der Waals surface area contributed by atoms with Crippen LogP contribution >= 0.6 is 0 Å². The summed E-state index contributed by atoms with van der Waals surface area (Å²) in [7, 11) is 0. The van der Waals surface area contributed by atoms with Crippen LogP contribution in [0, 0.1) is 0 Å². The number of carbonyl (C=O) groups is 1. The molecule has 74 heavy (non-hydrogen) atoms. The summed E-state index contributed by atoms with van der Waals surface area (Å²) in [5, 5.41) is 87.0. The van der Waals surface area contributed by atoms with Crippen LogP contribution in [0.1, 0.15) is 206 Å². The maximum absolute atomic E-state index is 13.2. The molecule has 0 aromatic carbocycles. The Morgan fingerprint density at radius 1 is 0.500 bits per heavy atom. The molecular formula is C60H105NO13. The number of amides is 1. The molecule has 1 amide bonds. The SMILES string of the molecule is CC/C=C\C/C=C\C/C=C\C/C=C\C/C=C\CCCCCCCCCCCCCC(=O)NC(COC1OC(CO)C(OC2OC(CO)C(O)C(O)C2O)C(O)C1O)C(O)/C=C/CCCCCCCCCCCCC. The zero-order chi connectivity index (χ0) is 53.9. The zero-order valence-electron chi connectivity index (χ0n) is 45.8. The van der Waals surface area contributed by atoms with E-state index in [4.69, 9.17) is 18.9 Å². The van der Waals surface area contributed by atoms with Gasteiger partial charge in [-0.25, -0.2) is 0 Å². The Labute approximate surface area is 447 Å². The Kier molecular flexibility index (Phi) is 41.5. The lowest BCUT2D eigenvalue weighted by atomic mass is 9.97. The van der Waals surface area contributed by atoms with Crippen LogP contribution in [0.5, 0.6) is 0 Å². The van der Waals surface area contributed by atoms with Crippen LogP contribution in [0.4, 0.5) is 0 Å². The van der Waals surface area contributed by atoms with Crippen LogP contribution in [-0.4, -0.2) is 140 Å². The van der Waals surface area contributed by atoms with Crippen molar-refractivity contribution in [1.29, 1.82) is 0 Å². The van der Waals surface area contributed by atoms with E-state index in [1.807, 2.05) is 6.08 Å². The van der Waals surface area contributed by atoms with Crippen LogP contribution < -0.4 is 5.32 Å². The number of unbranched alkanes of at least 4 members (excludes halogenated alkanes) is 22. The second-order valence-corrected chi connectivity index (χ2v) is 20.4. The van der Waals surface area contributed by atoms with Gasteiger partial charge >= 0.3 is 0 Å². The molecule has 2 heterocycles. The highest BCUT2D eigenvalue weighted by Gasteiger charge is 2.51. The van der Waals surface area contributed by atoms with E-state index >= 15 is 0 Å². The Bertz CT molecular complexity index is 1520. The van der Waals surface area contributed by atoms with E-state index in [2.05, 4.69) is 79.9 Å². The Balaban J connectivity index is 1.73. The number of rotatable bonds is 45. The number of ether oxygens (including phenoxy) is 4. The Hall–Kier alpha value is -2.57. The molecule has 12 unspecified atom stereocenters. The van der Waals surface area contributed by atoms with Crippen molar-refractivity contribution >= 4 is 5.91 Å². The first-order chi connectivity index (χ1) is 36.1. The highest BCUT2D eigenvalue weighted by Crippen LogP contribution is 2.30. The Morgan fingerprint density at radius 3 is 1.43 bits per heavy atom. The first kappa shape index (κ1) is 67.5. The van der Waals surface area contributed by atoms with Crippen molar-refractivity contribution in [2.45, 2.75) is 280 Å². The van der Waals surface area contributed by atoms with Gasteiger partial charge in [-0.2, -0.15) is 0 Å². The number of allylic oxidation sites excluding steroid dienone is 11. The minimum absolute atomic E-state index is 0.246. The molecule has 2 fully saturated rings. The van der Waals surface area contributed by atoms with Crippen LogP contribution in [0.3, 0.4) is 0 Å². The summed E-state index contributed by atoms with van der Waals surface area (Å²) in [4.78, 5) is 13.2. The van der Waals surface area contributed by atoms with E-state index in [-0.39, 0.29) is 18.9 Å². The summed E-state index contributed by atoms with van der Waals surface area (Å²) < 4.78 is 22.7. The fraction of sp³-hybridized carbons (Fsp3) is 0.783. The predicted octanol–water partition coefficient (Wildman–Crippen LogP) is 9.55. The lowest BCUT2D eigenvalue weighted by Gasteiger charge is -2.46. The minimum atomic E-state index is -1.79. The third-order valence-electron chi connectivity index (χ3n) is 13.9. The molecule has 0 aromatic heterocycles. The maximum atomic E-state index is 13.2. The van der Waals surface area contributed by atoms with Gasteiger partial charge < -0.3 is 65.1 Å². The molecule has 2 rings (SSSR count). The normalized spacial score (nSPS) is 25.8. The quantitative estimate of drug-likeness (QED) is 0.0205. The van der Waals surface area contributed by atoms with Gasteiger partial charge in [0, 0.05) is 6.42 Å². The molecule has 0 radical (unpaired) electrons. The van der Waals surface area contributed by atoms with Crippen molar-refractivity contribution in [2.75, 3.05) is 19.8 Å². The van der Waals surface area contributed by atoms with E-state index in [1.54, 1.807) is 6.08 Å². The van der Waals surface area contributed by atoms with Gasteiger partial charge in [0.25, 0.3) is 0 Å². The third kappa shape index (κ3) is 31.0. The van der Waals surface area contributed by atoms with E-state index < -0.39 is 86.8 Å². The molecule has 14 heteroatoms. The molecule has 0 aromatic rings. The van der Waals surface area contributed by atoms with Crippen LogP contribution in [0.15, 0.2) is 72.9 Å². The fourth-order valence-corrected chi connectivity index (χ4v) is 9.20. The van der Waals surface area contributed by atoms with E-state index in [0.717, 1.165) is 77.0 Å². The summed E-state index contributed by atoms with van der Waals surface area (Å²) in [5.41, 5.74) is 0. The van der Waals surface area contributed by atoms with E-state index in [9.17, 15) is 45.6 Å². The molecule has 9 N–H and O–H groups in total. The van der Waals surface area contributed by atoms with Crippen molar-refractivity contribution in [3.05, 3.63) is 72.9 Å². The summed E-state index contributed by atoms with van der Waals surface area (Å²) in [6.07, 6.45) is 42.2.